The second-order valence-corrected chi connectivity index (χ2v) is 8.01. The molecule has 5 nitrogen and oxygen atoms in total. The van der Waals surface area contributed by atoms with E-state index >= 15 is 0 Å². The Bertz CT molecular complexity index is 1070. The maximum absolute atomic E-state index is 11.2. The molecular weight excluding hydrogens is 493 g/mol. The molecule has 0 aliphatic heterocycles. The first kappa shape index (κ1) is 22.3. The second kappa shape index (κ2) is 10.1. The Morgan fingerprint density at radius 2 is 1.87 bits per heavy atom. The van der Waals surface area contributed by atoms with Gasteiger partial charge in [-0.3, -0.25) is 0 Å². The number of anilines is 1. The number of carboxylic acid groups (broad SMARTS) is 1. The van der Waals surface area contributed by atoms with Crippen molar-refractivity contribution < 1.29 is 19.4 Å². The summed E-state index contributed by atoms with van der Waals surface area (Å²) >= 11 is 15.9. The smallest absolute Gasteiger partial charge is 0.335 e. The van der Waals surface area contributed by atoms with E-state index in [1.165, 1.54) is 12.1 Å². The number of hydrogen-bond acceptors (Lipinski definition) is 4. The molecule has 0 aromatic heterocycles. The third kappa shape index (κ3) is 5.39. The summed E-state index contributed by atoms with van der Waals surface area (Å²) in [5.41, 5.74) is 2.45. The number of ether oxygens (including phenoxy) is 2. The molecule has 30 heavy (non-hydrogen) atoms. The van der Waals surface area contributed by atoms with Gasteiger partial charge in [0.1, 0.15) is 6.61 Å². The van der Waals surface area contributed by atoms with Crippen LogP contribution in [0.1, 0.15) is 21.5 Å². The average Bonchev–Trinajstić information content (AvgIpc) is 2.72. The van der Waals surface area contributed by atoms with Crippen LogP contribution in [0.2, 0.25) is 10.0 Å². The monoisotopic (exact) mass is 509 g/mol. The third-order valence-electron chi connectivity index (χ3n) is 4.32. The number of halogens is 3. The Morgan fingerprint density at radius 1 is 1.10 bits per heavy atom. The minimum Gasteiger partial charge on any atom is -0.493 e. The van der Waals surface area contributed by atoms with Crippen LogP contribution in [0.4, 0.5) is 5.69 Å². The van der Waals surface area contributed by atoms with Crippen LogP contribution in [0.5, 0.6) is 11.5 Å². The fourth-order valence-electron chi connectivity index (χ4n) is 2.77. The molecule has 0 saturated carbocycles. The molecule has 0 atom stereocenters. The molecule has 0 radical (unpaired) electrons. The lowest BCUT2D eigenvalue weighted by Crippen LogP contribution is -2.04. The molecule has 2 N–H and O–H groups in total. The van der Waals surface area contributed by atoms with Gasteiger partial charge in [-0.25, -0.2) is 4.79 Å². The van der Waals surface area contributed by atoms with Crippen molar-refractivity contribution in [2.75, 3.05) is 12.4 Å². The van der Waals surface area contributed by atoms with E-state index in [1.54, 1.807) is 13.2 Å². The highest BCUT2D eigenvalue weighted by Crippen LogP contribution is 2.38. The van der Waals surface area contributed by atoms with E-state index in [1.807, 2.05) is 36.4 Å². The lowest BCUT2D eigenvalue weighted by molar-refractivity contribution is 0.0697. The van der Waals surface area contributed by atoms with Gasteiger partial charge in [-0.05, 0) is 57.9 Å². The highest BCUT2D eigenvalue weighted by Gasteiger charge is 2.14. The lowest BCUT2D eigenvalue weighted by Gasteiger charge is -2.16. The number of carbonyl (C=O) groups is 1. The zero-order chi connectivity index (χ0) is 21.7. The molecule has 0 bridgehead atoms. The summed E-state index contributed by atoms with van der Waals surface area (Å²) in [6, 6.07) is 15.7. The minimum absolute atomic E-state index is 0.156. The van der Waals surface area contributed by atoms with Crippen LogP contribution in [0.15, 0.2) is 59.1 Å². The summed E-state index contributed by atoms with van der Waals surface area (Å²) in [7, 11) is 1.56. The van der Waals surface area contributed by atoms with Crippen LogP contribution in [0.25, 0.3) is 0 Å². The summed E-state index contributed by atoms with van der Waals surface area (Å²) < 4.78 is 12.2. The van der Waals surface area contributed by atoms with Crippen LogP contribution < -0.4 is 14.8 Å². The Balaban J connectivity index is 1.76. The van der Waals surface area contributed by atoms with Crippen LogP contribution in [0, 0.1) is 0 Å². The highest BCUT2D eigenvalue weighted by atomic mass is 79.9. The van der Waals surface area contributed by atoms with E-state index in [4.69, 9.17) is 37.8 Å². The molecule has 3 aromatic rings. The SMILES string of the molecule is COc1cc(CNc2cc(C(=O)O)ccc2Cl)cc(Br)c1OCc1ccccc1Cl. The van der Waals surface area contributed by atoms with Crippen molar-refractivity contribution >= 4 is 50.8 Å². The van der Waals surface area contributed by atoms with E-state index < -0.39 is 5.97 Å². The van der Waals surface area contributed by atoms with Crippen LogP contribution in [0.3, 0.4) is 0 Å². The first-order chi connectivity index (χ1) is 14.4. The normalized spacial score (nSPS) is 10.5. The quantitative estimate of drug-likeness (QED) is 0.355. The number of methoxy groups -OCH3 is 1. The zero-order valence-electron chi connectivity index (χ0n) is 15.9. The average molecular weight is 511 g/mol. The first-order valence-electron chi connectivity index (χ1n) is 8.88. The van der Waals surface area contributed by atoms with Crippen LogP contribution in [-0.2, 0) is 13.2 Å². The molecule has 3 aromatic carbocycles. The fraction of sp³-hybridized carbons (Fsp3) is 0.136. The van der Waals surface area contributed by atoms with Gasteiger partial charge in [-0.2, -0.15) is 0 Å². The van der Waals surface area contributed by atoms with Crippen LogP contribution in [-0.4, -0.2) is 18.2 Å². The lowest BCUT2D eigenvalue weighted by atomic mass is 10.1. The number of nitrogens with one attached hydrogen (secondary N) is 1. The number of benzene rings is 3. The van der Waals surface area contributed by atoms with Crippen LogP contribution >= 0.6 is 39.1 Å². The molecule has 0 aliphatic carbocycles. The maximum Gasteiger partial charge on any atom is 0.335 e. The van der Waals surface area contributed by atoms with Gasteiger partial charge >= 0.3 is 5.97 Å². The van der Waals surface area contributed by atoms with E-state index in [-0.39, 0.29) is 5.56 Å². The predicted octanol–water partition coefficient (Wildman–Crippen LogP) is 6.65. The molecule has 0 saturated heterocycles. The van der Waals surface area contributed by atoms with Gasteiger partial charge in [-0.1, -0.05) is 41.4 Å². The van der Waals surface area contributed by atoms with Gasteiger partial charge in [0.25, 0.3) is 0 Å². The molecular formula is C22H18BrCl2NO4. The van der Waals surface area contributed by atoms with Gasteiger partial charge in [0.15, 0.2) is 11.5 Å². The van der Waals surface area contributed by atoms with Crippen molar-refractivity contribution in [3.63, 3.8) is 0 Å². The first-order valence-corrected chi connectivity index (χ1v) is 10.4. The van der Waals surface area contributed by atoms with Crippen molar-refractivity contribution in [1.82, 2.24) is 0 Å². The van der Waals surface area contributed by atoms with Crippen molar-refractivity contribution in [3.05, 3.63) is 85.8 Å². The second-order valence-electron chi connectivity index (χ2n) is 6.34. The Labute approximate surface area is 192 Å². The fourth-order valence-corrected chi connectivity index (χ4v) is 3.75. The summed E-state index contributed by atoms with van der Waals surface area (Å²) in [5, 5.41) is 13.4. The molecule has 0 fully saturated rings. The number of aromatic carboxylic acids is 1. The van der Waals surface area contributed by atoms with Gasteiger partial charge in [0.2, 0.25) is 0 Å². The number of rotatable bonds is 8. The van der Waals surface area contributed by atoms with E-state index in [2.05, 4.69) is 21.2 Å². The van der Waals surface area contributed by atoms with Crippen molar-refractivity contribution in [2.45, 2.75) is 13.2 Å². The van der Waals surface area contributed by atoms with E-state index in [0.717, 1.165) is 15.6 Å². The van der Waals surface area contributed by atoms with Crippen molar-refractivity contribution in [1.29, 1.82) is 0 Å². The minimum atomic E-state index is -1.01. The molecule has 156 valence electrons. The van der Waals surface area contributed by atoms with E-state index in [9.17, 15) is 4.79 Å². The van der Waals surface area contributed by atoms with Crippen molar-refractivity contribution in [3.8, 4) is 11.5 Å². The van der Waals surface area contributed by atoms with Gasteiger partial charge in [0.05, 0.1) is 27.9 Å². The van der Waals surface area contributed by atoms with Gasteiger partial charge in [-0.15, -0.1) is 0 Å². The summed E-state index contributed by atoms with van der Waals surface area (Å²) in [5.74, 6) is 0.102. The zero-order valence-corrected chi connectivity index (χ0v) is 19.0. The molecule has 8 heteroatoms. The number of carboxylic acids is 1. The molecule has 0 heterocycles. The summed E-state index contributed by atoms with van der Waals surface area (Å²) in [6.45, 7) is 0.701. The number of hydrogen-bond donors (Lipinski definition) is 2. The third-order valence-corrected chi connectivity index (χ3v) is 5.60. The largest absolute Gasteiger partial charge is 0.493 e. The highest BCUT2D eigenvalue weighted by molar-refractivity contribution is 9.10. The maximum atomic E-state index is 11.2. The summed E-state index contributed by atoms with van der Waals surface area (Å²) in [4.78, 5) is 11.2. The Morgan fingerprint density at radius 3 is 2.57 bits per heavy atom. The molecule has 0 spiro atoms. The van der Waals surface area contributed by atoms with E-state index in [0.29, 0.717) is 40.4 Å². The Hall–Kier alpha value is -2.41. The van der Waals surface area contributed by atoms with Gasteiger partial charge < -0.3 is 19.9 Å². The summed E-state index contributed by atoms with van der Waals surface area (Å²) in [6.07, 6.45) is 0. The topological polar surface area (TPSA) is 67.8 Å². The molecule has 0 amide bonds. The van der Waals surface area contributed by atoms with Gasteiger partial charge in [0, 0.05) is 17.1 Å². The molecule has 0 unspecified atom stereocenters. The predicted molar refractivity (Wildman–Crippen MR) is 122 cm³/mol. The van der Waals surface area contributed by atoms with Crippen molar-refractivity contribution in [2.24, 2.45) is 0 Å². The standard InChI is InChI=1S/C22H18BrCl2NO4/c1-29-20-9-13(11-26-19-10-14(22(27)28)6-7-18(19)25)8-16(23)21(20)30-12-15-4-2-3-5-17(15)24/h2-10,26H,11-12H2,1H3,(H,27,28). The Kier molecular flexibility index (Phi) is 7.48. The molecule has 3 rings (SSSR count). The molecule has 0 aliphatic rings.